The number of carbonyl (C=O) groups is 1. The highest BCUT2D eigenvalue weighted by molar-refractivity contribution is 5.86. The van der Waals surface area contributed by atoms with E-state index in [1.807, 2.05) is 47.1 Å². The summed E-state index contributed by atoms with van der Waals surface area (Å²) in [6.07, 6.45) is 4.33. The molecule has 3 heterocycles. The van der Waals surface area contributed by atoms with Crippen LogP contribution in [0.2, 0.25) is 0 Å². The van der Waals surface area contributed by atoms with E-state index in [9.17, 15) is 9.90 Å². The van der Waals surface area contributed by atoms with Crippen molar-refractivity contribution in [2.24, 2.45) is 0 Å². The lowest BCUT2D eigenvalue weighted by atomic mass is 9.96. The molecule has 0 unspecified atom stereocenters. The van der Waals surface area contributed by atoms with Crippen LogP contribution in [0.5, 0.6) is 0 Å². The molecule has 124 valence electrons. The average molecular weight is 324 g/mol. The van der Waals surface area contributed by atoms with Crippen molar-refractivity contribution in [1.29, 1.82) is 0 Å². The fraction of sp³-hybridized carbons (Fsp3) is 0.333. The molecule has 2 N–H and O–H groups in total. The van der Waals surface area contributed by atoms with E-state index in [0.717, 1.165) is 34.3 Å². The van der Waals surface area contributed by atoms with E-state index < -0.39 is 12.0 Å². The van der Waals surface area contributed by atoms with Crippen LogP contribution in [0.1, 0.15) is 23.7 Å². The Kier molecular flexibility index (Phi) is 3.61. The summed E-state index contributed by atoms with van der Waals surface area (Å²) in [6.45, 7) is 4.05. The van der Waals surface area contributed by atoms with E-state index in [0.29, 0.717) is 19.5 Å². The predicted molar refractivity (Wildman–Crippen MR) is 90.6 cm³/mol. The number of rotatable bonds is 4. The first-order chi connectivity index (χ1) is 11.7. The zero-order valence-electron chi connectivity index (χ0n) is 13.6. The van der Waals surface area contributed by atoms with Crippen molar-refractivity contribution in [2.45, 2.75) is 39.0 Å². The summed E-state index contributed by atoms with van der Waals surface area (Å²) >= 11 is 0. The number of aryl methyl sites for hydroxylation is 1. The highest BCUT2D eigenvalue weighted by atomic mass is 16.4. The SMILES string of the molecule is CCn1cc(CN2Cc3[nH]c4ccccc4c3C[C@H]2C(=O)O)cn1. The molecule has 0 bridgehead atoms. The van der Waals surface area contributed by atoms with Gasteiger partial charge in [-0.15, -0.1) is 0 Å². The third-order valence-corrected chi connectivity index (χ3v) is 4.78. The first-order valence-corrected chi connectivity index (χ1v) is 8.22. The minimum absolute atomic E-state index is 0.512. The molecule has 0 radical (unpaired) electrons. The summed E-state index contributed by atoms with van der Waals surface area (Å²) in [5.74, 6) is -0.770. The normalized spacial score (nSPS) is 18.0. The van der Waals surface area contributed by atoms with Crippen molar-refractivity contribution in [3.05, 3.63) is 53.5 Å². The minimum atomic E-state index is -0.770. The van der Waals surface area contributed by atoms with Crippen LogP contribution in [0.15, 0.2) is 36.7 Å². The summed E-state index contributed by atoms with van der Waals surface area (Å²) in [5.41, 5.74) is 4.38. The van der Waals surface area contributed by atoms with Crippen molar-refractivity contribution < 1.29 is 9.90 Å². The molecule has 0 saturated carbocycles. The molecule has 3 aromatic rings. The number of aliphatic carboxylic acids is 1. The van der Waals surface area contributed by atoms with E-state index in [1.165, 1.54) is 0 Å². The average Bonchev–Trinajstić information content (AvgIpc) is 3.17. The van der Waals surface area contributed by atoms with Gasteiger partial charge in [0.05, 0.1) is 6.20 Å². The van der Waals surface area contributed by atoms with Crippen molar-refractivity contribution in [1.82, 2.24) is 19.7 Å². The number of aromatic amines is 1. The third kappa shape index (κ3) is 2.49. The first kappa shape index (κ1) is 15.0. The second kappa shape index (κ2) is 5.79. The van der Waals surface area contributed by atoms with Gasteiger partial charge < -0.3 is 10.1 Å². The topological polar surface area (TPSA) is 74.2 Å². The Morgan fingerprint density at radius 3 is 3.00 bits per heavy atom. The molecule has 6 heteroatoms. The molecule has 0 amide bonds. The maximum absolute atomic E-state index is 11.8. The van der Waals surface area contributed by atoms with Crippen LogP contribution in [0.3, 0.4) is 0 Å². The van der Waals surface area contributed by atoms with E-state index in [4.69, 9.17) is 0 Å². The molecule has 1 atom stereocenters. The van der Waals surface area contributed by atoms with Gasteiger partial charge in [-0.2, -0.15) is 5.10 Å². The number of para-hydroxylation sites is 1. The van der Waals surface area contributed by atoms with E-state index in [2.05, 4.69) is 16.1 Å². The summed E-state index contributed by atoms with van der Waals surface area (Å²) in [7, 11) is 0. The van der Waals surface area contributed by atoms with Gasteiger partial charge in [0.15, 0.2) is 0 Å². The fourth-order valence-corrected chi connectivity index (χ4v) is 3.56. The summed E-state index contributed by atoms with van der Waals surface area (Å²) in [5, 5.41) is 15.1. The molecule has 0 spiro atoms. The lowest BCUT2D eigenvalue weighted by Crippen LogP contribution is -2.44. The van der Waals surface area contributed by atoms with Gasteiger partial charge in [-0.05, 0) is 18.6 Å². The van der Waals surface area contributed by atoms with Crippen LogP contribution in [0, 0.1) is 0 Å². The number of aromatic nitrogens is 3. The second-order valence-corrected chi connectivity index (χ2v) is 6.30. The molecule has 4 rings (SSSR count). The largest absolute Gasteiger partial charge is 0.480 e. The van der Waals surface area contributed by atoms with Crippen LogP contribution in [-0.4, -0.2) is 36.8 Å². The number of benzene rings is 1. The Hall–Kier alpha value is -2.60. The molecular weight excluding hydrogens is 304 g/mol. The van der Waals surface area contributed by atoms with Gasteiger partial charge in [-0.25, -0.2) is 0 Å². The molecule has 6 nitrogen and oxygen atoms in total. The van der Waals surface area contributed by atoms with Crippen molar-refractivity contribution in [3.63, 3.8) is 0 Å². The van der Waals surface area contributed by atoms with Crippen LogP contribution in [0.25, 0.3) is 10.9 Å². The number of carboxylic acids is 1. The summed E-state index contributed by atoms with van der Waals surface area (Å²) in [6, 6.07) is 7.58. The van der Waals surface area contributed by atoms with Gasteiger partial charge in [-0.3, -0.25) is 14.4 Å². The number of fused-ring (bicyclic) bond motifs is 3. The molecule has 1 aliphatic rings. The lowest BCUT2D eigenvalue weighted by molar-refractivity contribution is -0.144. The maximum atomic E-state index is 11.8. The monoisotopic (exact) mass is 324 g/mol. The van der Waals surface area contributed by atoms with Gasteiger partial charge in [0.25, 0.3) is 0 Å². The highest BCUT2D eigenvalue weighted by Gasteiger charge is 2.33. The van der Waals surface area contributed by atoms with Crippen molar-refractivity contribution >= 4 is 16.9 Å². The number of hydrogen-bond acceptors (Lipinski definition) is 3. The number of nitrogens with zero attached hydrogens (tertiary/aromatic N) is 3. The number of H-pyrrole nitrogens is 1. The third-order valence-electron chi connectivity index (χ3n) is 4.78. The minimum Gasteiger partial charge on any atom is -0.480 e. The molecule has 0 saturated heterocycles. The molecule has 0 aliphatic carbocycles. The number of nitrogens with one attached hydrogen (secondary N) is 1. The van der Waals surface area contributed by atoms with Gasteiger partial charge in [0.1, 0.15) is 6.04 Å². The standard InChI is InChI=1S/C18H20N4O2/c1-2-22-10-12(8-19-22)9-21-11-16-14(7-17(21)18(23)24)13-5-3-4-6-15(13)20-16/h3-6,8,10,17,20H,2,7,9,11H2,1H3,(H,23,24)/t17-/m0/s1. The second-order valence-electron chi connectivity index (χ2n) is 6.30. The van der Waals surface area contributed by atoms with Crippen LogP contribution >= 0.6 is 0 Å². The Morgan fingerprint density at radius 2 is 2.25 bits per heavy atom. The van der Waals surface area contributed by atoms with Gasteiger partial charge in [0, 0.05) is 54.4 Å². The Bertz CT molecular complexity index is 895. The zero-order valence-corrected chi connectivity index (χ0v) is 13.6. The van der Waals surface area contributed by atoms with Crippen LogP contribution < -0.4 is 0 Å². The maximum Gasteiger partial charge on any atom is 0.321 e. The summed E-state index contributed by atoms with van der Waals surface area (Å²) < 4.78 is 1.86. The molecule has 1 aliphatic heterocycles. The lowest BCUT2D eigenvalue weighted by Gasteiger charge is -2.32. The molecule has 2 aromatic heterocycles. The predicted octanol–water partition coefficient (Wildman–Crippen LogP) is 2.40. The van der Waals surface area contributed by atoms with Crippen LogP contribution in [0.4, 0.5) is 0 Å². The smallest absolute Gasteiger partial charge is 0.321 e. The Balaban J connectivity index is 1.67. The van der Waals surface area contributed by atoms with Crippen LogP contribution in [-0.2, 0) is 30.8 Å². The number of hydrogen-bond donors (Lipinski definition) is 2. The van der Waals surface area contributed by atoms with Crippen molar-refractivity contribution in [3.8, 4) is 0 Å². The zero-order chi connectivity index (χ0) is 16.7. The quantitative estimate of drug-likeness (QED) is 0.773. The molecule has 24 heavy (non-hydrogen) atoms. The fourth-order valence-electron chi connectivity index (χ4n) is 3.56. The van der Waals surface area contributed by atoms with E-state index in [1.54, 1.807) is 0 Å². The van der Waals surface area contributed by atoms with Gasteiger partial charge >= 0.3 is 5.97 Å². The molecular formula is C18H20N4O2. The van der Waals surface area contributed by atoms with Gasteiger partial charge in [-0.1, -0.05) is 18.2 Å². The van der Waals surface area contributed by atoms with E-state index in [-0.39, 0.29) is 0 Å². The Labute approximate surface area is 139 Å². The highest BCUT2D eigenvalue weighted by Crippen LogP contribution is 2.31. The number of carboxylic acid groups (broad SMARTS) is 1. The molecule has 1 aromatic carbocycles. The first-order valence-electron chi connectivity index (χ1n) is 8.22. The van der Waals surface area contributed by atoms with E-state index >= 15 is 0 Å². The van der Waals surface area contributed by atoms with Crippen molar-refractivity contribution in [2.75, 3.05) is 0 Å². The molecule has 0 fully saturated rings. The Morgan fingerprint density at radius 1 is 1.42 bits per heavy atom. The van der Waals surface area contributed by atoms with Gasteiger partial charge in [0.2, 0.25) is 0 Å². The summed E-state index contributed by atoms with van der Waals surface area (Å²) in [4.78, 5) is 17.3.